The molecule has 1 aliphatic heterocycles. The van der Waals surface area contributed by atoms with Crippen molar-refractivity contribution in [3.05, 3.63) is 46.9 Å². The third-order valence-electron chi connectivity index (χ3n) is 5.97. The van der Waals surface area contributed by atoms with E-state index in [-0.39, 0.29) is 5.91 Å². The number of benzene rings is 1. The Morgan fingerprint density at radius 1 is 1.13 bits per heavy atom. The van der Waals surface area contributed by atoms with Crippen molar-refractivity contribution in [2.24, 2.45) is 0 Å². The fourth-order valence-corrected chi connectivity index (χ4v) is 4.24. The van der Waals surface area contributed by atoms with Crippen LogP contribution in [0.15, 0.2) is 24.4 Å². The van der Waals surface area contributed by atoms with Gasteiger partial charge in [0.25, 0.3) is 5.91 Å². The van der Waals surface area contributed by atoms with Gasteiger partial charge in [0.1, 0.15) is 0 Å². The third-order valence-corrected chi connectivity index (χ3v) is 5.97. The zero-order chi connectivity index (χ0) is 20.9. The van der Waals surface area contributed by atoms with Gasteiger partial charge in [0.2, 0.25) is 0 Å². The molecule has 2 heterocycles. The molecule has 0 unspecified atom stereocenters. The van der Waals surface area contributed by atoms with Crippen molar-refractivity contribution in [3.8, 4) is 0 Å². The van der Waals surface area contributed by atoms with E-state index in [9.17, 15) is 4.79 Å². The molecule has 2 N–H and O–H groups in total. The van der Waals surface area contributed by atoms with Crippen molar-refractivity contribution >= 4 is 17.4 Å². The summed E-state index contributed by atoms with van der Waals surface area (Å²) in [4.78, 5) is 22.0. The molecule has 1 amide bonds. The standard InChI is InChI=1S/C24H32N4O2/c1-3-6-19-18(16-11-13-30-14-12-16)7-5-8-20(19)28-23-22(24(29)25-4-2)27-21(15-26-23)17-9-10-17/h5,7-8,15-17H,3-4,6,9-14H2,1-2H3,(H,25,29)(H,26,28). The molecule has 30 heavy (non-hydrogen) atoms. The molecule has 6 heteroatoms. The molecule has 2 aliphatic rings. The number of aromatic nitrogens is 2. The number of ether oxygens (including phenoxy) is 1. The van der Waals surface area contributed by atoms with Crippen LogP contribution in [0.4, 0.5) is 11.5 Å². The van der Waals surface area contributed by atoms with Gasteiger partial charge in [0.15, 0.2) is 11.5 Å². The average Bonchev–Trinajstić information content (AvgIpc) is 3.61. The highest BCUT2D eigenvalue weighted by Gasteiger charge is 2.28. The van der Waals surface area contributed by atoms with Crippen molar-refractivity contribution in [1.82, 2.24) is 15.3 Å². The topological polar surface area (TPSA) is 76.1 Å². The van der Waals surface area contributed by atoms with E-state index in [1.165, 1.54) is 11.1 Å². The molecular formula is C24H32N4O2. The molecule has 1 aromatic carbocycles. The van der Waals surface area contributed by atoms with Gasteiger partial charge in [-0.25, -0.2) is 9.97 Å². The van der Waals surface area contributed by atoms with Crippen molar-refractivity contribution in [3.63, 3.8) is 0 Å². The van der Waals surface area contributed by atoms with Crippen molar-refractivity contribution in [2.45, 2.75) is 64.2 Å². The SMILES string of the molecule is CCCc1c(Nc2ncc(C3CC3)nc2C(=O)NCC)cccc1C1CCOCC1. The first-order chi connectivity index (χ1) is 14.7. The Bertz CT molecular complexity index is 889. The lowest BCUT2D eigenvalue weighted by Gasteiger charge is -2.26. The predicted molar refractivity (Wildman–Crippen MR) is 119 cm³/mol. The van der Waals surface area contributed by atoms with Crippen LogP contribution < -0.4 is 10.6 Å². The van der Waals surface area contributed by atoms with Gasteiger partial charge < -0.3 is 15.4 Å². The van der Waals surface area contributed by atoms with Crippen LogP contribution in [0.5, 0.6) is 0 Å². The number of nitrogens with zero attached hydrogens (tertiary/aromatic N) is 2. The lowest BCUT2D eigenvalue weighted by Crippen LogP contribution is -2.25. The van der Waals surface area contributed by atoms with E-state index < -0.39 is 0 Å². The molecule has 0 spiro atoms. The molecular weight excluding hydrogens is 376 g/mol. The van der Waals surface area contributed by atoms with Crippen LogP contribution in [-0.2, 0) is 11.2 Å². The molecule has 0 radical (unpaired) electrons. The molecule has 0 bridgehead atoms. The first-order valence-corrected chi connectivity index (χ1v) is 11.3. The Morgan fingerprint density at radius 2 is 1.93 bits per heavy atom. The Kier molecular flexibility index (Phi) is 6.62. The Hall–Kier alpha value is -2.47. The second kappa shape index (κ2) is 9.56. The molecule has 6 nitrogen and oxygen atoms in total. The highest BCUT2D eigenvalue weighted by atomic mass is 16.5. The van der Waals surface area contributed by atoms with Gasteiger partial charge in [0, 0.05) is 31.4 Å². The Balaban J connectivity index is 1.68. The lowest BCUT2D eigenvalue weighted by molar-refractivity contribution is 0.0851. The fourth-order valence-electron chi connectivity index (χ4n) is 4.24. The monoisotopic (exact) mass is 408 g/mol. The van der Waals surface area contributed by atoms with Gasteiger partial charge >= 0.3 is 0 Å². The summed E-state index contributed by atoms with van der Waals surface area (Å²) < 4.78 is 5.57. The van der Waals surface area contributed by atoms with Crippen LogP contribution in [0.2, 0.25) is 0 Å². The summed E-state index contributed by atoms with van der Waals surface area (Å²) >= 11 is 0. The maximum Gasteiger partial charge on any atom is 0.273 e. The van der Waals surface area contributed by atoms with E-state index in [0.717, 1.165) is 63.1 Å². The molecule has 2 fully saturated rings. The normalized spacial score (nSPS) is 17.0. The Labute approximate surface area is 178 Å². The summed E-state index contributed by atoms with van der Waals surface area (Å²) in [5.74, 6) is 1.33. The first-order valence-electron chi connectivity index (χ1n) is 11.3. The van der Waals surface area contributed by atoms with Crippen LogP contribution >= 0.6 is 0 Å². The number of carbonyl (C=O) groups is 1. The van der Waals surface area contributed by atoms with Gasteiger partial charge in [-0.3, -0.25) is 4.79 Å². The molecule has 160 valence electrons. The minimum atomic E-state index is -0.173. The minimum absolute atomic E-state index is 0.173. The predicted octanol–water partition coefficient (Wildman–Crippen LogP) is 4.69. The number of hydrogen-bond donors (Lipinski definition) is 2. The largest absolute Gasteiger partial charge is 0.381 e. The van der Waals surface area contributed by atoms with Gasteiger partial charge in [-0.1, -0.05) is 25.5 Å². The van der Waals surface area contributed by atoms with Crippen LogP contribution in [0.25, 0.3) is 0 Å². The maximum atomic E-state index is 12.7. The van der Waals surface area contributed by atoms with Crippen molar-refractivity contribution < 1.29 is 9.53 Å². The maximum absolute atomic E-state index is 12.7. The average molecular weight is 409 g/mol. The number of nitrogens with one attached hydrogen (secondary N) is 2. The van der Waals surface area contributed by atoms with Gasteiger partial charge in [-0.05, 0) is 62.1 Å². The molecule has 1 aliphatic carbocycles. The van der Waals surface area contributed by atoms with Crippen LogP contribution in [-0.4, -0.2) is 35.6 Å². The number of carbonyl (C=O) groups excluding carboxylic acids is 1. The minimum Gasteiger partial charge on any atom is -0.381 e. The summed E-state index contributed by atoms with van der Waals surface area (Å²) in [6.07, 6.45) is 8.24. The van der Waals surface area contributed by atoms with Gasteiger partial charge in [-0.2, -0.15) is 0 Å². The molecule has 2 aromatic rings. The fraction of sp³-hybridized carbons (Fsp3) is 0.542. The third kappa shape index (κ3) is 4.64. The van der Waals surface area contributed by atoms with Crippen LogP contribution in [0.1, 0.15) is 85.1 Å². The zero-order valence-corrected chi connectivity index (χ0v) is 18.0. The van der Waals surface area contributed by atoms with E-state index in [1.54, 1.807) is 0 Å². The lowest BCUT2D eigenvalue weighted by atomic mass is 9.86. The number of rotatable bonds is 8. The summed E-state index contributed by atoms with van der Waals surface area (Å²) in [6, 6.07) is 6.44. The van der Waals surface area contributed by atoms with Crippen LogP contribution in [0.3, 0.4) is 0 Å². The van der Waals surface area contributed by atoms with E-state index >= 15 is 0 Å². The van der Waals surface area contributed by atoms with E-state index in [1.807, 2.05) is 13.1 Å². The van der Waals surface area contributed by atoms with E-state index in [4.69, 9.17) is 4.74 Å². The number of amides is 1. The molecule has 1 saturated carbocycles. The van der Waals surface area contributed by atoms with Crippen molar-refractivity contribution in [1.29, 1.82) is 0 Å². The smallest absolute Gasteiger partial charge is 0.273 e. The van der Waals surface area contributed by atoms with E-state index in [2.05, 4.69) is 45.7 Å². The Morgan fingerprint density at radius 3 is 2.63 bits per heavy atom. The van der Waals surface area contributed by atoms with Crippen LogP contribution in [0, 0.1) is 0 Å². The highest BCUT2D eigenvalue weighted by molar-refractivity contribution is 5.97. The zero-order valence-electron chi connectivity index (χ0n) is 18.0. The summed E-state index contributed by atoms with van der Waals surface area (Å²) in [7, 11) is 0. The van der Waals surface area contributed by atoms with Gasteiger partial charge in [0.05, 0.1) is 11.9 Å². The number of hydrogen-bond acceptors (Lipinski definition) is 5. The second-order valence-electron chi connectivity index (χ2n) is 8.26. The summed E-state index contributed by atoms with van der Waals surface area (Å²) in [5.41, 5.74) is 5.06. The molecule has 1 aromatic heterocycles. The van der Waals surface area contributed by atoms with E-state index in [0.29, 0.717) is 29.9 Å². The van der Waals surface area contributed by atoms with Gasteiger partial charge in [-0.15, -0.1) is 0 Å². The number of anilines is 2. The molecule has 0 atom stereocenters. The first kappa shape index (κ1) is 20.8. The van der Waals surface area contributed by atoms with Crippen molar-refractivity contribution in [2.75, 3.05) is 25.1 Å². The highest BCUT2D eigenvalue weighted by Crippen LogP contribution is 2.39. The summed E-state index contributed by atoms with van der Waals surface area (Å²) in [6.45, 7) is 6.33. The second-order valence-corrected chi connectivity index (χ2v) is 8.26. The summed E-state index contributed by atoms with van der Waals surface area (Å²) in [5, 5.41) is 6.35. The molecule has 4 rings (SSSR count). The quantitative estimate of drug-likeness (QED) is 0.662. The molecule has 1 saturated heterocycles.